The Kier molecular flexibility index (Phi) is 4.74. The smallest absolute Gasteiger partial charge is 0.319 e. The molecule has 1 aromatic rings. The number of hydrogen-bond donors (Lipinski definition) is 4. The Balaban J connectivity index is 2.15. The highest BCUT2D eigenvalue weighted by Crippen LogP contribution is 2.34. The van der Waals surface area contributed by atoms with Gasteiger partial charge in [-0.05, 0) is 31.9 Å². The van der Waals surface area contributed by atoms with Crippen LogP contribution in [0.25, 0.3) is 0 Å². The van der Waals surface area contributed by atoms with Crippen molar-refractivity contribution in [1.82, 2.24) is 5.32 Å². The number of carbonyl (C=O) groups excluding carboxylic acids is 1. The van der Waals surface area contributed by atoms with Gasteiger partial charge in [0.25, 0.3) is 0 Å². The zero-order chi connectivity index (χ0) is 15.6. The number of nitrogens with one attached hydrogen (secondary N) is 2. The number of aromatic hydroxyl groups is 1. The first-order valence-corrected chi connectivity index (χ1v) is 7.85. The molecule has 1 aromatic carbocycles. The van der Waals surface area contributed by atoms with E-state index in [0.29, 0.717) is 0 Å². The molecule has 0 aromatic heterocycles. The normalized spacial score (nSPS) is 17.7. The van der Waals surface area contributed by atoms with Gasteiger partial charge in [-0.1, -0.05) is 23.3 Å². The van der Waals surface area contributed by atoms with E-state index in [9.17, 15) is 18.3 Å². The monoisotopic (exact) mass is 330 g/mol. The van der Waals surface area contributed by atoms with Crippen LogP contribution in [0.4, 0.5) is 10.5 Å². The third-order valence-corrected chi connectivity index (χ3v) is 4.57. The largest absolute Gasteiger partial charge is 0.504 e. The van der Waals surface area contributed by atoms with Crippen LogP contribution in [0.15, 0.2) is 28.7 Å². The van der Waals surface area contributed by atoms with E-state index in [1.54, 1.807) is 0 Å². The van der Waals surface area contributed by atoms with E-state index in [2.05, 4.69) is 10.6 Å². The second kappa shape index (κ2) is 6.36. The van der Waals surface area contributed by atoms with E-state index >= 15 is 0 Å². The quantitative estimate of drug-likeness (QED) is 0.388. The highest BCUT2D eigenvalue weighted by Gasteiger charge is 2.20. The molecule has 0 bridgehead atoms. The van der Waals surface area contributed by atoms with E-state index in [1.807, 2.05) is 13.0 Å². The predicted molar refractivity (Wildman–Crippen MR) is 80.6 cm³/mol. The fourth-order valence-electron chi connectivity index (χ4n) is 2.18. The standard InChI is InChI=1S/C13H15ClN2O4S/c1-7-3-2-4-9(7)15-13(18)16-10-6-5-8(14)12(11(10)17)21(19)20/h3,5-6,9,17,21H,2,4H2,1H3,(H2,15,16,18)/t9-/m1/s1. The maximum absolute atomic E-state index is 11.9. The first-order chi connectivity index (χ1) is 9.90. The van der Waals surface area contributed by atoms with Crippen LogP contribution in [0.2, 0.25) is 5.02 Å². The van der Waals surface area contributed by atoms with Gasteiger partial charge in [0.05, 0.1) is 16.8 Å². The number of anilines is 1. The Hall–Kier alpha value is -1.73. The molecule has 1 aliphatic carbocycles. The first-order valence-electron chi connectivity index (χ1n) is 6.30. The summed E-state index contributed by atoms with van der Waals surface area (Å²) < 4.78 is 22.1. The second-order valence-electron chi connectivity index (χ2n) is 4.73. The number of rotatable bonds is 3. The van der Waals surface area contributed by atoms with Crippen LogP contribution < -0.4 is 10.6 Å². The lowest BCUT2D eigenvalue weighted by Crippen LogP contribution is -2.37. The van der Waals surface area contributed by atoms with Gasteiger partial charge in [-0.2, -0.15) is 0 Å². The second-order valence-corrected chi connectivity index (χ2v) is 6.09. The molecular weight excluding hydrogens is 316 g/mol. The predicted octanol–water partition coefficient (Wildman–Crippen LogP) is 2.25. The van der Waals surface area contributed by atoms with Gasteiger partial charge in [-0.25, -0.2) is 13.2 Å². The van der Waals surface area contributed by atoms with Gasteiger partial charge in [-0.15, -0.1) is 0 Å². The summed E-state index contributed by atoms with van der Waals surface area (Å²) in [7, 11) is -3.06. The summed E-state index contributed by atoms with van der Waals surface area (Å²) >= 11 is 5.71. The molecule has 1 aliphatic rings. The molecule has 0 radical (unpaired) electrons. The van der Waals surface area contributed by atoms with Gasteiger partial charge < -0.3 is 15.7 Å². The summed E-state index contributed by atoms with van der Waals surface area (Å²) in [5.41, 5.74) is 1.07. The molecule has 0 unspecified atom stereocenters. The number of phenolic OH excluding ortho intramolecular Hbond substituents is 1. The van der Waals surface area contributed by atoms with Crippen molar-refractivity contribution in [3.63, 3.8) is 0 Å². The molecule has 6 nitrogen and oxygen atoms in total. The minimum atomic E-state index is -3.06. The molecule has 21 heavy (non-hydrogen) atoms. The molecule has 2 amide bonds. The van der Waals surface area contributed by atoms with Crippen LogP contribution >= 0.6 is 11.6 Å². The molecular formula is C13H15ClN2O4S. The fraction of sp³-hybridized carbons (Fsp3) is 0.308. The van der Waals surface area contributed by atoms with Crippen molar-refractivity contribution in [1.29, 1.82) is 0 Å². The zero-order valence-corrected chi connectivity index (χ0v) is 12.9. The summed E-state index contributed by atoms with van der Waals surface area (Å²) in [6.45, 7) is 1.93. The number of allylic oxidation sites excluding steroid dienone is 1. The summed E-state index contributed by atoms with van der Waals surface area (Å²) in [5.74, 6) is -0.563. The molecule has 0 aliphatic heterocycles. The van der Waals surface area contributed by atoms with E-state index in [1.165, 1.54) is 12.1 Å². The van der Waals surface area contributed by atoms with Crippen LogP contribution in [0, 0.1) is 0 Å². The van der Waals surface area contributed by atoms with Gasteiger partial charge in [0.1, 0.15) is 4.90 Å². The number of amides is 2. The molecule has 0 saturated carbocycles. The Labute approximate surface area is 128 Å². The molecule has 0 saturated heterocycles. The number of phenols is 1. The molecule has 0 fully saturated rings. The van der Waals surface area contributed by atoms with Crippen molar-refractivity contribution in [2.75, 3.05) is 5.32 Å². The molecule has 0 spiro atoms. The minimum absolute atomic E-state index is 0.00858. The van der Waals surface area contributed by atoms with Crippen LogP contribution in [-0.2, 0) is 10.7 Å². The Morgan fingerprint density at radius 2 is 2.14 bits per heavy atom. The SMILES string of the molecule is CC1=CCC[C@H]1NC(=O)Nc1ccc(Cl)c([SH](=O)=O)c1O. The summed E-state index contributed by atoms with van der Waals surface area (Å²) in [5, 5.41) is 15.0. The third kappa shape index (κ3) is 3.48. The van der Waals surface area contributed by atoms with Crippen molar-refractivity contribution in [3.05, 3.63) is 28.8 Å². The summed E-state index contributed by atoms with van der Waals surface area (Å²) in [4.78, 5) is 11.5. The van der Waals surface area contributed by atoms with Gasteiger partial charge in [0.2, 0.25) is 0 Å². The lowest BCUT2D eigenvalue weighted by atomic mass is 10.2. The van der Waals surface area contributed by atoms with Gasteiger partial charge in [0, 0.05) is 0 Å². The Morgan fingerprint density at radius 3 is 2.71 bits per heavy atom. The van der Waals surface area contributed by atoms with E-state index in [-0.39, 0.29) is 16.8 Å². The fourth-order valence-corrected chi connectivity index (χ4v) is 3.08. The highest BCUT2D eigenvalue weighted by atomic mass is 35.5. The average Bonchev–Trinajstić information content (AvgIpc) is 2.78. The number of thiol groups is 1. The zero-order valence-electron chi connectivity index (χ0n) is 11.2. The topological polar surface area (TPSA) is 95.5 Å². The third-order valence-electron chi connectivity index (χ3n) is 3.31. The number of benzene rings is 1. The molecule has 114 valence electrons. The van der Waals surface area contributed by atoms with Crippen LogP contribution in [-0.4, -0.2) is 25.6 Å². The minimum Gasteiger partial charge on any atom is -0.504 e. The van der Waals surface area contributed by atoms with Crippen molar-refractivity contribution >= 4 is 34.0 Å². The maximum atomic E-state index is 11.9. The maximum Gasteiger partial charge on any atom is 0.319 e. The highest BCUT2D eigenvalue weighted by molar-refractivity contribution is 7.72. The van der Waals surface area contributed by atoms with Crippen LogP contribution in [0.5, 0.6) is 5.75 Å². The van der Waals surface area contributed by atoms with Gasteiger partial charge in [-0.3, -0.25) is 0 Å². The lowest BCUT2D eigenvalue weighted by Gasteiger charge is -2.16. The van der Waals surface area contributed by atoms with E-state index in [4.69, 9.17) is 11.6 Å². The van der Waals surface area contributed by atoms with Crippen molar-refractivity contribution < 1.29 is 18.3 Å². The summed E-state index contributed by atoms with van der Waals surface area (Å²) in [6, 6.07) is 2.09. The Bertz CT molecular complexity index is 677. The Morgan fingerprint density at radius 1 is 1.43 bits per heavy atom. The van der Waals surface area contributed by atoms with E-state index in [0.717, 1.165) is 18.4 Å². The molecule has 2 rings (SSSR count). The van der Waals surface area contributed by atoms with Crippen LogP contribution in [0.3, 0.4) is 0 Å². The number of carbonyl (C=O) groups is 1. The van der Waals surface area contributed by atoms with Crippen molar-refractivity contribution in [2.45, 2.75) is 30.7 Å². The lowest BCUT2D eigenvalue weighted by molar-refractivity contribution is 0.249. The summed E-state index contributed by atoms with van der Waals surface area (Å²) in [6.07, 6.45) is 3.78. The molecule has 8 heteroatoms. The van der Waals surface area contributed by atoms with Crippen molar-refractivity contribution in [2.24, 2.45) is 0 Å². The van der Waals surface area contributed by atoms with Gasteiger partial charge in [0.15, 0.2) is 16.5 Å². The number of urea groups is 1. The molecule has 1 atom stereocenters. The number of hydrogen-bond acceptors (Lipinski definition) is 4. The number of halogens is 1. The first kappa shape index (κ1) is 15.7. The van der Waals surface area contributed by atoms with Gasteiger partial charge >= 0.3 is 6.03 Å². The molecule has 0 heterocycles. The molecule has 3 N–H and O–H groups in total. The van der Waals surface area contributed by atoms with E-state index < -0.39 is 27.4 Å². The van der Waals surface area contributed by atoms with Crippen LogP contribution in [0.1, 0.15) is 19.8 Å². The van der Waals surface area contributed by atoms with Crippen molar-refractivity contribution in [3.8, 4) is 5.75 Å². The average molecular weight is 331 g/mol.